The summed E-state index contributed by atoms with van der Waals surface area (Å²) in [5, 5.41) is 3.04. The van der Waals surface area contributed by atoms with E-state index >= 15 is 0 Å². The molecule has 2 unspecified atom stereocenters. The van der Waals surface area contributed by atoms with Gasteiger partial charge in [0.15, 0.2) is 6.61 Å². The quantitative estimate of drug-likeness (QED) is 0.458. The van der Waals surface area contributed by atoms with Crippen LogP contribution in [-0.2, 0) is 27.3 Å². The number of hydrogen-bond acceptors (Lipinski definition) is 4. The molecule has 3 aromatic rings. The number of amides is 2. The van der Waals surface area contributed by atoms with E-state index in [4.69, 9.17) is 9.47 Å². The number of benzene rings is 3. The minimum atomic E-state index is -0.689. The summed E-state index contributed by atoms with van der Waals surface area (Å²) >= 11 is 0. The predicted octanol–water partition coefficient (Wildman–Crippen LogP) is 4.00. The maximum Gasteiger partial charge on any atom is 0.261 e. The van der Waals surface area contributed by atoms with Crippen molar-refractivity contribution in [2.75, 3.05) is 19.8 Å². The Morgan fingerprint density at radius 1 is 0.914 bits per heavy atom. The normalized spacial score (nSPS) is 15.8. The standard InChI is InChI=1S/C29H32N2O4/c32-28(22-35-25-15-8-3-9-16-25)31(21-24-13-6-2-7-14-24)27(19-23-11-4-1-5-12-23)29(33)30-20-26-17-10-18-34-26/h1-9,11-16,26-27H,10,17-22H2,(H,30,33). The van der Waals surface area contributed by atoms with Crippen molar-refractivity contribution < 1.29 is 19.1 Å². The van der Waals surface area contributed by atoms with E-state index < -0.39 is 6.04 Å². The molecule has 1 saturated heterocycles. The number of ether oxygens (including phenoxy) is 2. The first-order chi connectivity index (χ1) is 17.2. The largest absolute Gasteiger partial charge is 0.484 e. The third kappa shape index (κ3) is 7.42. The zero-order valence-electron chi connectivity index (χ0n) is 19.8. The maximum atomic E-state index is 13.5. The van der Waals surface area contributed by atoms with Crippen molar-refractivity contribution in [1.82, 2.24) is 10.2 Å². The van der Waals surface area contributed by atoms with E-state index in [0.29, 0.717) is 25.3 Å². The van der Waals surface area contributed by atoms with Crippen LogP contribution in [0.5, 0.6) is 5.75 Å². The van der Waals surface area contributed by atoms with Gasteiger partial charge in [0.2, 0.25) is 5.91 Å². The molecule has 0 bridgehead atoms. The van der Waals surface area contributed by atoms with Crippen molar-refractivity contribution in [3.05, 3.63) is 102 Å². The molecule has 2 amide bonds. The number of rotatable bonds is 11. The fourth-order valence-corrected chi connectivity index (χ4v) is 4.22. The highest BCUT2D eigenvalue weighted by Crippen LogP contribution is 2.17. The molecule has 0 radical (unpaired) electrons. The van der Waals surface area contributed by atoms with E-state index in [1.807, 2.05) is 91.0 Å². The Bertz CT molecular complexity index is 1050. The van der Waals surface area contributed by atoms with Crippen molar-refractivity contribution in [2.24, 2.45) is 0 Å². The molecule has 1 fully saturated rings. The van der Waals surface area contributed by atoms with Gasteiger partial charge in [-0.05, 0) is 36.1 Å². The van der Waals surface area contributed by atoms with Crippen LogP contribution in [0.1, 0.15) is 24.0 Å². The van der Waals surface area contributed by atoms with Gasteiger partial charge in [-0.15, -0.1) is 0 Å². The molecule has 0 aliphatic carbocycles. The summed E-state index contributed by atoms with van der Waals surface area (Å²) in [6.07, 6.45) is 2.36. The molecule has 1 aliphatic rings. The molecule has 0 aromatic heterocycles. The van der Waals surface area contributed by atoms with Crippen molar-refractivity contribution in [1.29, 1.82) is 0 Å². The molecular formula is C29H32N2O4. The molecule has 0 spiro atoms. The average molecular weight is 473 g/mol. The predicted molar refractivity (Wildman–Crippen MR) is 135 cm³/mol. The minimum absolute atomic E-state index is 0.0241. The average Bonchev–Trinajstić information content (AvgIpc) is 3.43. The number of carbonyl (C=O) groups excluding carboxylic acids is 2. The Balaban J connectivity index is 1.56. The summed E-state index contributed by atoms with van der Waals surface area (Å²) in [6.45, 7) is 1.32. The Morgan fingerprint density at radius 2 is 1.54 bits per heavy atom. The summed E-state index contributed by atoms with van der Waals surface area (Å²) in [4.78, 5) is 28.7. The second kappa shape index (κ2) is 12.7. The van der Waals surface area contributed by atoms with Crippen molar-refractivity contribution in [3.63, 3.8) is 0 Å². The highest BCUT2D eigenvalue weighted by Gasteiger charge is 2.31. The SMILES string of the molecule is O=C(NCC1CCCO1)C(Cc1ccccc1)N(Cc1ccccc1)C(=O)COc1ccccc1. The van der Waals surface area contributed by atoms with Gasteiger partial charge in [-0.1, -0.05) is 78.9 Å². The summed E-state index contributed by atoms with van der Waals surface area (Å²) in [5.74, 6) is 0.183. The number of hydrogen-bond donors (Lipinski definition) is 1. The summed E-state index contributed by atoms with van der Waals surface area (Å²) in [7, 11) is 0. The van der Waals surface area contributed by atoms with Crippen LogP contribution in [0.3, 0.4) is 0 Å². The van der Waals surface area contributed by atoms with Crippen LogP contribution in [-0.4, -0.2) is 48.6 Å². The van der Waals surface area contributed by atoms with Gasteiger partial charge in [0.05, 0.1) is 6.10 Å². The van der Waals surface area contributed by atoms with E-state index in [0.717, 1.165) is 30.6 Å². The van der Waals surface area contributed by atoms with Crippen LogP contribution >= 0.6 is 0 Å². The lowest BCUT2D eigenvalue weighted by molar-refractivity contribution is -0.143. The van der Waals surface area contributed by atoms with Gasteiger partial charge in [-0.3, -0.25) is 9.59 Å². The molecule has 1 N–H and O–H groups in total. The van der Waals surface area contributed by atoms with Crippen molar-refractivity contribution in [3.8, 4) is 5.75 Å². The third-order valence-electron chi connectivity index (χ3n) is 6.10. The summed E-state index contributed by atoms with van der Waals surface area (Å²) in [5.41, 5.74) is 1.94. The number of para-hydroxylation sites is 1. The Morgan fingerprint density at radius 3 is 2.17 bits per heavy atom. The summed E-state index contributed by atoms with van der Waals surface area (Å²) < 4.78 is 11.4. The van der Waals surface area contributed by atoms with Crippen molar-refractivity contribution >= 4 is 11.8 Å². The molecule has 6 nitrogen and oxygen atoms in total. The number of nitrogens with zero attached hydrogens (tertiary/aromatic N) is 1. The Labute approximate surface area is 206 Å². The van der Waals surface area contributed by atoms with Gasteiger partial charge in [-0.25, -0.2) is 0 Å². The Hall–Kier alpha value is -3.64. The molecule has 2 atom stereocenters. The van der Waals surface area contributed by atoms with Gasteiger partial charge >= 0.3 is 0 Å². The molecule has 182 valence electrons. The van der Waals surface area contributed by atoms with Gasteiger partial charge in [0.25, 0.3) is 5.91 Å². The van der Waals surface area contributed by atoms with E-state index in [2.05, 4.69) is 5.32 Å². The van der Waals surface area contributed by atoms with Crippen LogP contribution in [0.25, 0.3) is 0 Å². The molecule has 4 rings (SSSR count). The van der Waals surface area contributed by atoms with Crippen LogP contribution in [0, 0.1) is 0 Å². The second-order valence-corrected chi connectivity index (χ2v) is 8.69. The van der Waals surface area contributed by atoms with Crippen LogP contribution in [0.2, 0.25) is 0 Å². The molecule has 6 heteroatoms. The third-order valence-corrected chi connectivity index (χ3v) is 6.10. The highest BCUT2D eigenvalue weighted by molar-refractivity contribution is 5.88. The maximum absolute atomic E-state index is 13.5. The number of carbonyl (C=O) groups is 2. The topological polar surface area (TPSA) is 67.9 Å². The van der Waals surface area contributed by atoms with Gasteiger partial charge in [0.1, 0.15) is 11.8 Å². The van der Waals surface area contributed by atoms with Gasteiger partial charge in [-0.2, -0.15) is 0 Å². The van der Waals surface area contributed by atoms with E-state index in [1.54, 1.807) is 4.90 Å². The second-order valence-electron chi connectivity index (χ2n) is 8.69. The summed E-state index contributed by atoms with van der Waals surface area (Å²) in [6, 6.07) is 28.0. The first-order valence-corrected chi connectivity index (χ1v) is 12.1. The fourth-order valence-electron chi connectivity index (χ4n) is 4.22. The smallest absolute Gasteiger partial charge is 0.261 e. The fraction of sp³-hybridized carbons (Fsp3) is 0.310. The minimum Gasteiger partial charge on any atom is -0.484 e. The molecular weight excluding hydrogens is 440 g/mol. The van der Waals surface area contributed by atoms with Crippen LogP contribution in [0.4, 0.5) is 0 Å². The van der Waals surface area contributed by atoms with E-state index in [1.165, 1.54) is 0 Å². The van der Waals surface area contributed by atoms with Crippen LogP contribution in [0.15, 0.2) is 91.0 Å². The van der Waals surface area contributed by atoms with E-state index in [9.17, 15) is 9.59 Å². The molecule has 35 heavy (non-hydrogen) atoms. The zero-order valence-corrected chi connectivity index (χ0v) is 19.8. The number of nitrogens with one attached hydrogen (secondary N) is 1. The highest BCUT2D eigenvalue weighted by atomic mass is 16.5. The van der Waals surface area contributed by atoms with Gasteiger partial charge < -0.3 is 19.7 Å². The monoisotopic (exact) mass is 472 g/mol. The van der Waals surface area contributed by atoms with Gasteiger partial charge in [0, 0.05) is 26.1 Å². The van der Waals surface area contributed by atoms with E-state index in [-0.39, 0.29) is 24.5 Å². The zero-order chi connectivity index (χ0) is 24.3. The lowest BCUT2D eigenvalue weighted by Crippen LogP contribution is -2.52. The molecule has 0 saturated carbocycles. The first kappa shape index (κ1) is 24.5. The lowest BCUT2D eigenvalue weighted by Gasteiger charge is -2.31. The van der Waals surface area contributed by atoms with Crippen molar-refractivity contribution in [2.45, 2.75) is 38.0 Å². The Kier molecular flexibility index (Phi) is 8.90. The first-order valence-electron chi connectivity index (χ1n) is 12.1. The molecule has 1 aliphatic heterocycles. The molecule has 3 aromatic carbocycles. The van der Waals surface area contributed by atoms with Crippen LogP contribution < -0.4 is 10.1 Å². The molecule has 1 heterocycles. The lowest BCUT2D eigenvalue weighted by atomic mass is 10.0.